The first-order valence-electron chi connectivity index (χ1n) is 10.2. The molecule has 0 bridgehead atoms. The number of nitrogens with one attached hydrogen (secondary N) is 1. The second-order valence-corrected chi connectivity index (χ2v) is 10.6. The van der Waals surface area contributed by atoms with Crippen molar-refractivity contribution >= 4 is 33.0 Å². The van der Waals surface area contributed by atoms with Crippen molar-refractivity contribution in [1.82, 2.24) is 14.5 Å². The molecule has 2 aliphatic heterocycles. The molecule has 2 aromatic carbocycles. The van der Waals surface area contributed by atoms with Gasteiger partial charge in [-0.2, -0.15) is 4.31 Å². The molecule has 2 aliphatic rings. The number of rotatable bonds is 5. The summed E-state index contributed by atoms with van der Waals surface area (Å²) in [6.07, 6.45) is 1.34. The monoisotopic (exact) mass is 490 g/mol. The van der Waals surface area contributed by atoms with Crippen molar-refractivity contribution in [3.05, 3.63) is 58.3 Å². The molecule has 1 saturated heterocycles. The highest BCUT2D eigenvalue weighted by Gasteiger charge is 2.33. The number of hydrogen-bond acceptors (Lipinski definition) is 8. The third-order valence-electron chi connectivity index (χ3n) is 5.43. The van der Waals surface area contributed by atoms with E-state index < -0.39 is 21.7 Å². The molecule has 0 spiro atoms. The fourth-order valence-corrected chi connectivity index (χ4v) is 6.21. The number of ether oxygens (including phenoxy) is 2. The van der Waals surface area contributed by atoms with Crippen LogP contribution in [-0.2, 0) is 10.0 Å². The fraction of sp³-hybridized carbons (Fsp3) is 0.286. The van der Waals surface area contributed by atoms with E-state index in [2.05, 4.69) is 15.5 Å². The molecule has 0 aliphatic carbocycles. The summed E-state index contributed by atoms with van der Waals surface area (Å²) in [5, 5.41) is 11.7. The van der Waals surface area contributed by atoms with Gasteiger partial charge >= 0.3 is 0 Å². The minimum atomic E-state index is -3.83. The number of amides is 1. The standard InChI is InChI=1S/C21H19FN4O5S2/c22-14-4-1-5-16(9-14)33(28,29)26-8-2-3-13(11-26)20-24-25-21(32-20)19(27)23-15-6-7-17-18(10-15)31-12-30-17/h1,4-7,9-10,13H,2-3,8,11-12H2,(H,23,27)/t13-/m1/s1. The summed E-state index contributed by atoms with van der Waals surface area (Å²) in [6, 6.07) is 10.0. The Morgan fingerprint density at radius 1 is 1.15 bits per heavy atom. The number of piperidine rings is 1. The maximum absolute atomic E-state index is 13.6. The van der Waals surface area contributed by atoms with Gasteiger partial charge < -0.3 is 14.8 Å². The molecule has 0 unspecified atom stereocenters. The highest BCUT2D eigenvalue weighted by atomic mass is 32.2. The highest BCUT2D eigenvalue weighted by Crippen LogP contribution is 2.35. The summed E-state index contributed by atoms with van der Waals surface area (Å²) in [7, 11) is -3.83. The smallest absolute Gasteiger partial charge is 0.286 e. The van der Waals surface area contributed by atoms with E-state index in [-0.39, 0.29) is 29.2 Å². The molecule has 1 aromatic heterocycles. The van der Waals surface area contributed by atoms with E-state index in [0.717, 1.165) is 17.4 Å². The Balaban J connectivity index is 1.28. The van der Waals surface area contributed by atoms with Gasteiger partial charge in [0.25, 0.3) is 5.91 Å². The first-order valence-corrected chi connectivity index (χ1v) is 12.5. The van der Waals surface area contributed by atoms with Gasteiger partial charge in [-0.1, -0.05) is 17.4 Å². The van der Waals surface area contributed by atoms with E-state index in [4.69, 9.17) is 9.47 Å². The zero-order chi connectivity index (χ0) is 23.0. The van der Waals surface area contributed by atoms with Crippen molar-refractivity contribution in [3.8, 4) is 11.5 Å². The van der Waals surface area contributed by atoms with E-state index in [1.54, 1.807) is 18.2 Å². The number of sulfonamides is 1. The van der Waals surface area contributed by atoms with Crippen molar-refractivity contribution in [2.75, 3.05) is 25.2 Å². The van der Waals surface area contributed by atoms with Crippen LogP contribution in [0.2, 0.25) is 0 Å². The van der Waals surface area contributed by atoms with Crippen LogP contribution in [-0.4, -0.2) is 48.7 Å². The molecule has 172 valence electrons. The molecule has 33 heavy (non-hydrogen) atoms. The zero-order valence-corrected chi connectivity index (χ0v) is 18.9. The Hall–Kier alpha value is -3.09. The van der Waals surface area contributed by atoms with Crippen LogP contribution >= 0.6 is 11.3 Å². The number of benzene rings is 2. The Bertz CT molecular complexity index is 1310. The summed E-state index contributed by atoms with van der Waals surface area (Å²) < 4.78 is 51.4. The molecule has 12 heteroatoms. The number of halogens is 1. The number of carbonyl (C=O) groups is 1. The predicted octanol–water partition coefficient (Wildman–Crippen LogP) is 3.23. The quantitative estimate of drug-likeness (QED) is 0.585. The third kappa shape index (κ3) is 4.41. The lowest BCUT2D eigenvalue weighted by atomic mass is 10.0. The van der Waals surface area contributed by atoms with Gasteiger partial charge in [0.15, 0.2) is 11.5 Å². The van der Waals surface area contributed by atoms with Crippen LogP contribution in [0, 0.1) is 5.82 Å². The maximum Gasteiger partial charge on any atom is 0.286 e. The molecule has 5 rings (SSSR count). The van der Waals surface area contributed by atoms with Gasteiger partial charge in [0.2, 0.25) is 21.8 Å². The number of anilines is 1. The van der Waals surface area contributed by atoms with Crippen LogP contribution < -0.4 is 14.8 Å². The van der Waals surface area contributed by atoms with Crippen LogP contribution in [0.25, 0.3) is 0 Å². The summed E-state index contributed by atoms with van der Waals surface area (Å²) >= 11 is 1.13. The lowest BCUT2D eigenvalue weighted by Crippen LogP contribution is -2.39. The lowest BCUT2D eigenvalue weighted by Gasteiger charge is -2.30. The van der Waals surface area contributed by atoms with Crippen molar-refractivity contribution in [1.29, 1.82) is 0 Å². The molecule has 0 radical (unpaired) electrons. The minimum absolute atomic E-state index is 0.0794. The molecule has 0 saturated carbocycles. The van der Waals surface area contributed by atoms with Gasteiger partial charge in [-0.05, 0) is 43.2 Å². The van der Waals surface area contributed by atoms with Crippen LogP contribution in [0.15, 0.2) is 47.4 Å². The Morgan fingerprint density at radius 2 is 2.00 bits per heavy atom. The van der Waals surface area contributed by atoms with Crippen LogP contribution in [0.1, 0.15) is 33.6 Å². The molecule has 1 N–H and O–H groups in total. The topological polar surface area (TPSA) is 111 Å². The van der Waals surface area contributed by atoms with Gasteiger partial charge in [-0.25, -0.2) is 12.8 Å². The Kier molecular flexibility index (Phi) is 5.72. The van der Waals surface area contributed by atoms with Gasteiger partial charge in [0.1, 0.15) is 10.8 Å². The summed E-state index contributed by atoms with van der Waals surface area (Å²) in [5.74, 6) is -0.0648. The second-order valence-electron chi connectivity index (χ2n) is 7.63. The summed E-state index contributed by atoms with van der Waals surface area (Å²) in [4.78, 5) is 12.6. The van der Waals surface area contributed by atoms with E-state index in [9.17, 15) is 17.6 Å². The van der Waals surface area contributed by atoms with E-state index in [1.165, 1.54) is 22.5 Å². The van der Waals surface area contributed by atoms with Crippen LogP contribution in [0.4, 0.5) is 10.1 Å². The number of carbonyl (C=O) groups excluding carboxylic acids is 1. The van der Waals surface area contributed by atoms with Gasteiger partial charge in [0, 0.05) is 30.8 Å². The zero-order valence-electron chi connectivity index (χ0n) is 17.2. The average molecular weight is 491 g/mol. The number of nitrogens with zero attached hydrogens (tertiary/aromatic N) is 3. The largest absolute Gasteiger partial charge is 0.454 e. The normalized spacial score (nSPS) is 18.3. The van der Waals surface area contributed by atoms with Crippen molar-refractivity contribution in [3.63, 3.8) is 0 Å². The summed E-state index contributed by atoms with van der Waals surface area (Å²) in [5.41, 5.74) is 0.533. The van der Waals surface area contributed by atoms with E-state index in [1.807, 2.05) is 0 Å². The highest BCUT2D eigenvalue weighted by molar-refractivity contribution is 7.89. The molecular formula is C21H19FN4O5S2. The van der Waals surface area contributed by atoms with Gasteiger partial charge in [-0.3, -0.25) is 4.79 Å². The average Bonchev–Trinajstić information content (AvgIpc) is 3.49. The number of hydrogen-bond donors (Lipinski definition) is 1. The molecular weight excluding hydrogens is 471 g/mol. The summed E-state index contributed by atoms with van der Waals surface area (Å²) in [6.45, 7) is 0.669. The number of aromatic nitrogens is 2. The van der Waals surface area contributed by atoms with Crippen molar-refractivity contribution in [2.45, 2.75) is 23.7 Å². The fourth-order valence-electron chi connectivity index (χ4n) is 3.79. The van der Waals surface area contributed by atoms with Gasteiger partial charge in [-0.15, -0.1) is 10.2 Å². The third-order valence-corrected chi connectivity index (χ3v) is 8.38. The first kappa shape index (κ1) is 21.7. The minimum Gasteiger partial charge on any atom is -0.454 e. The molecule has 1 atom stereocenters. The molecule has 9 nitrogen and oxygen atoms in total. The van der Waals surface area contributed by atoms with Crippen molar-refractivity contribution in [2.24, 2.45) is 0 Å². The SMILES string of the molecule is O=C(Nc1ccc2c(c1)OCO2)c1nnc([C@@H]2CCCN(S(=O)(=O)c3cccc(F)c3)C2)s1. The van der Waals surface area contributed by atoms with Crippen LogP contribution in [0.3, 0.4) is 0 Å². The molecule has 1 amide bonds. The van der Waals surface area contributed by atoms with Gasteiger partial charge in [0.05, 0.1) is 4.90 Å². The lowest BCUT2D eigenvalue weighted by molar-refractivity contribution is 0.102. The van der Waals surface area contributed by atoms with Crippen LogP contribution in [0.5, 0.6) is 11.5 Å². The Morgan fingerprint density at radius 3 is 2.85 bits per heavy atom. The maximum atomic E-state index is 13.6. The second kappa shape index (κ2) is 8.69. The molecule has 1 fully saturated rings. The van der Waals surface area contributed by atoms with E-state index in [0.29, 0.717) is 41.6 Å². The van der Waals surface area contributed by atoms with E-state index >= 15 is 0 Å². The molecule has 3 heterocycles. The first-order chi connectivity index (χ1) is 15.9. The molecule has 3 aromatic rings. The van der Waals surface area contributed by atoms with Crippen molar-refractivity contribution < 1.29 is 27.1 Å². The Labute approximate surface area is 193 Å². The predicted molar refractivity (Wildman–Crippen MR) is 118 cm³/mol. The number of fused-ring (bicyclic) bond motifs is 1.